The van der Waals surface area contributed by atoms with Gasteiger partial charge < -0.3 is 30.0 Å². The summed E-state index contributed by atoms with van der Waals surface area (Å²) in [5.74, 6) is 0. The van der Waals surface area contributed by atoms with Gasteiger partial charge in [-0.25, -0.2) is 4.57 Å². The Kier molecular flexibility index (Phi) is 15.1. The lowest BCUT2D eigenvalue weighted by atomic mass is 10.2. The minimum Gasteiger partial charge on any atom is -0.392 e. The second-order valence-corrected chi connectivity index (χ2v) is 7.97. The van der Waals surface area contributed by atoms with Gasteiger partial charge >= 0.3 is 7.82 Å². The van der Waals surface area contributed by atoms with E-state index >= 15 is 0 Å². The molecule has 0 aliphatic heterocycles. The van der Waals surface area contributed by atoms with Crippen molar-refractivity contribution in [1.82, 2.24) is 0 Å². The predicted octanol–water partition coefficient (Wildman–Crippen LogP) is 3.53. The van der Waals surface area contributed by atoms with Crippen molar-refractivity contribution in [3.05, 3.63) is 106 Å². The van der Waals surface area contributed by atoms with Crippen molar-refractivity contribution in [2.45, 2.75) is 40.6 Å². The summed E-state index contributed by atoms with van der Waals surface area (Å²) in [6.07, 6.45) is 0. The SMILES string of the molecule is Cc1ccc(CO)cc1.Cc1ccc(CO)cc1.Cc1ccc(CO)cc1.O=P(O)(O)O. The summed E-state index contributed by atoms with van der Waals surface area (Å²) in [7, 11) is -4.64. The van der Waals surface area contributed by atoms with Crippen molar-refractivity contribution in [2.75, 3.05) is 0 Å². The smallest absolute Gasteiger partial charge is 0.392 e. The Hall–Kier alpha value is -2.35. The van der Waals surface area contributed by atoms with Gasteiger partial charge in [-0.15, -0.1) is 0 Å². The molecule has 0 saturated carbocycles. The van der Waals surface area contributed by atoms with E-state index < -0.39 is 7.82 Å². The highest BCUT2D eigenvalue weighted by atomic mass is 31.2. The predicted molar refractivity (Wildman–Crippen MR) is 126 cm³/mol. The van der Waals surface area contributed by atoms with E-state index in [1.807, 2.05) is 93.6 Å². The van der Waals surface area contributed by atoms with E-state index in [1.54, 1.807) is 0 Å². The third-order valence-electron chi connectivity index (χ3n) is 3.91. The van der Waals surface area contributed by atoms with Crippen LogP contribution in [0.4, 0.5) is 0 Å². The number of aliphatic hydroxyl groups is 3. The largest absolute Gasteiger partial charge is 0.466 e. The molecule has 0 spiro atoms. The molecule has 3 aromatic carbocycles. The first-order valence-corrected chi connectivity index (χ1v) is 11.3. The minimum atomic E-state index is -4.64. The number of hydrogen-bond donors (Lipinski definition) is 6. The fourth-order valence-electron chi connectivity index (χ4n) is 2.08. The van der Waals surface area contributed by atoms with Crippen LogP contribution in [-0.2, 0) is 24.4 Å². The van der Waals surface area contributed by atoms with E-state index in [9.17, 15) is 0 Å². The van der Waals surface area contributed by atoms with Gasteiger partial charge in [-0.1, -0.05) is 89.5 Å². The number of phosphoric acid groups is 1. The zero-order valence-electron chi connectivity index (χ0n) is 18.6. The first-order chi connectivity index (χ1) is 15.0. The van der Waals surface area contributed by atoms with Crippen LogP contribution >= 0.6 is 7.82 Å². The standard InChI is InChI=1S/3C8H10O.H3O4P/c3*1-7-2-4-8(6-9)5-3-7;1-5(2,3)4/h3*2-5,9H,6H2,1H3;(H3,1,2,3,4). The minimum absolute atomic E-state index is 0.139. The zero-order valence-corrected chi connectivity index (χ0v) is 19.5. The quantitative estimate of drug-likeness (QED) is 0.326. The molecule has 6 N–H and O–H groups in total. The molecule has 0 bridgehead atoms. The lowest BCUT2D eigenvalue weighted by Crippen LogP contribution is -1.80. The second kappa shape index (κ2) is 16.3. The third-order valence-corrected chi connectivity index (χ3v) is 3.91. The first kappa shape index (κ1) is 29.7. The molecule has 176 valence electrons. The van der Waals surface area contributed by atoms with Gasteiger partial charge in [0.1, 0.15) is 0 Å². The zero-order chi connectivity index (χ0) is 24.6. The summed E-state index contributed by atoms with van der Waals surface area (Å²) >= 11 is 0. The maximum Gasteiger partial charge on any atom is 0.466 e. The van der Waals surface area contributed by atoms with Crippen molar-refractivity contribution in [1.29, 1.82) is 0 Å². The Balaban J connectivity index is 0.000000410. The van der Waals surface area contributed by atoms with E-state index in [4.69, 9.17) is 34.6 Å². The van der Waals surface area contributed by atoms with Crippen LogP contribution < -0.4 is 0 Å². The lowest BCUT2D eigenvalue weighted by Gasteiger charge is -1.93. The number of aryl methyl sites for hydroxylation is 3. The van der Waals surface area contributed by atoms with Gasteiger partial charge in [0.15, 0.2) is 0 Å². The fraction of sp³-hybridized carbons (Fsp3) is 0.250. The second-order valence-electron chi connectivity index (χ2n) is 6.94. The van der Waals surface area contributed by atoms with Crippen LogP contribution in [0.2, 0.25) is 0 Å². The Morgan fingerprint density at radius 2 is 0.656 bits per heavy atom. The molecule has 8 heteroatoms. The van der Waals surface area contributed by atoms with Crippen molar-refractivity contribution in [3.63, 3.8) is 0 Å². The Morgan fingerprint density at radius 1 is 0.500 bits per heavy atom. The van der Waals surface area contributed by atoms with E-state index in [0.29, 0.717) is 0 Å². The van der Waals surface area contributed by atoms with Crippen molar-refractivity contribution < 1.29 is 34.6 Å². The van der Waals surface area contributed by atoms with Gasteiger partial charge in [-0.3, -0.25) is 0 Å². The lowest BCUT2D eigenvalue weighted by molar-refractivity contribution is 0.275. The molecule has 0 aromatic heterocycles. The molecule has 7 nitrogen and oxygen atoms in total. The maximum atomic E-state index is 8.88. The van der Waals surface area contributed by atoms with Crippen LogP contribution in [0.3, 0.4) is 0 Å². The van der Waals surface area contributed by atoms with E-state index in [2.05, 4.69) is 0 Å². The molecule has 0 heterocycles. The Labute approximate surface area is 189 Å². The highest BCUT2D eigenvalue weighted by Crippen LogP contribution is 2.25. The Morgan fingerprint density at radius 3 is 0.781 bits per heavy atom. The molecule has 0 radical (unpaired) electrons. The Bertz CT molecular complexity index is 786. The summed E-state index contributed by atoms with van der Waals surface area (Å²) in [4.78, 5) is 21.6. The molecule has 0 fully saturated rings. The average molecular weight is 464 g/mol. The summed E-state index contributed by atoms with van der Waals surface area (Å²) in [5, 5.41) is 25.9. The van der Waals surface area contributed by atoms with Crippen LogP contribution in [0.1, 0.15) is 33.4 Å². The summed E-state index contributed by atoms with van der Waals surface area (Å²) in [5.41, 5.74) is 6.61. The molecule has 32 heavy (non-hydrogen) atoms. The monoisotopic (exact) mass is 464 g/mol. The van der Waals surface area contributed by atoms with Crippen LogP contribution in [0, 0.1) is 20.8 Å². The van der Waals surface area contributed by atoms with Crippen molar-refractivity contribution in [3.8, 4) is 0 Å². The molecular weight excluding hydrogens is 431 g/mol. The summed E-state index contributed by atoms with van der Waals surface area (Å²) < 4.78 is 8.88. The highest BCUT2D eigenvalue weighted by Gasteiger charge is 2.00. The molecule has 0 amide bonds. The number of benzene rings is 3. The number of rotatable bonds is 3. The average Bonchev–Trinajstić information content (AvgIpc) is 2.75. The first-order valence-electron chi connectivity index (χ1n) is 9.76. The number of hydrogen-bond acceptors (Lipinski definition) is 4. The van der Waals surface area contributed by atoms with Crippen LogP contribution in [0.5, 0.6) is 0 Å². The molecule has 0 atom stereocenters. The van der Waals surface area contributed by atoms with Gasteiger partial charge in [0.2, 0.25) is 0 Å². The van der Waals surface area contributed by atoms with E-state index in [1.165, 1.54) is 16.7 Å². The summed E-state index contributed by atoms with van der Waals surface area (Å²) in [6.45, 7) is 6.50. The van der Waals surface area contributed by atoms with Gasteiger partial charge in [-0.2, -0.15) is 0 Å². The van der Waals surface area contributed by atoms with E-state index in [-0.39, 0.29) is 19.8 Å². The van der Waals surface area contributed by atoms with Gasteiger partial charge in [-0.05, 0) is 37.5 Å². The summed E-state index contributed by atoms with van der Waals surface area (Å²) in [6, 6.07) is 23.5. The van der Waals surface area contributed by atoms with Gasteiger partial charge in [0.25, 0.3) is 0 Å². The number of aliphatic hydroxyl groups excluding tert-OH is 3. The topological polar surface area (TPSA) is 138 Å². The normalized spacial score (nSPS) is 9.91. The van der Waals surface area contributed by atoms with Gasteiger partial charge in [0, 0.05) is 0 Å². The molecule has 0 aliphatic carbocycles. The highest BCUT2D eigenvalue weighted by molar-refractivity contribution is 7.45. The fourth-order valence-corrected chi connectivity index (χ4v) is 2.08. The molecule has 0 aliphatic rings. The van der Waals surface area contributed by atoms with Crippen LogP contribution in [-0.4, -0.2) is 30.0 Å². The van der Waals surface area contributed by atoms with E-state index in [0.717, 1.165) is 16.7 Å². The molecule has 0 unspecified atom stereocenters. The molecular formula is C24H33O7P. The molecule has 3 rings (SSSR count). The van der Waals surface area contributed by atoms with Crippen LogP contribution in [0.15, 0.2) is 72.8 Å². The van der Waals surface area contributed by atoms with Crippen molar-refractivity contribution >= 4 is 7.82 Å². The molecule has 3 aromatic rings. The van der Waals surface area contributed by atoms with Gasteiger partial charge in [0.05, 0.1) is 19.8 Å². The third kappa shape index (κ3) is 17.3. The maximum absolute atomic E-state index is 8.88. The van der Waals surface area contributed by atoms with Crippen LogP contribution in [0.25, 0.3) is 0 Å². The molecule has 0 saturated heterocycles. The van der Waals surface area contributed by atoms with Crippen molar-refractivity contribution in [2.24, 2.45) is 0 Å².